The van der Waals surface area contributed by atoms with E-state index >= 15 is 0 Å². The van der Waals surface area contributed by atoms with Crippen LogP contribution in [0.15, 0.2) is 133 Å². The van der Waals surface area contributed by atoms with Gasteiger partial charge in [-0.1, -0.05) is 115 Å². The smallest absolute Gasteiger partial charge is 0.136 e. The molecule has 3 nitrogen and oxygen atoms in total. The molecule has 0 unspecified atom stereocenters. The van der Waals surface area contributed by atoms with Gasteiger partial charge in [-0.2, -0.15) is 0 Å². The highest BCUT2D eigenvalue weighted by Gasteiger charge is 2.21. The van der Waals surface area contributed by atoms with Crippen molar-refractivity contribution >= 4 is 42.5 Å². The van der Waals surface area contributed by atoms with Gasteiger partial charge in [-0.3, -0.25) is 0 Å². The lowest BCUT2D eigenvalue weighted by molar-refractivity contribution is 0.775. The predicted octanol–water partition coefficient (Wildman–Crippen LogP) is 9.99. The van der Waals surface area contributed by atoms with E-state index in [1.54, 1.807) is 11.3 Å². The third-order valence-corrected chi connectivity index (χ3v) is 8.89. The Bertz CT molecular complexity index is 2120. The van der Waals surface area contributed by atoms with E-state index in [0.717, 1.165) is 50.5 Å². The number of pyridine rings is 1. The molecule has 0 saturated carbocycles. The van der Waals surface area contributed by atoms with Crippen LogP contribution < -0.4 is 0 Å². The van der Waals surface area contributed by atoms with Gasteiger partial charge in [0.05, 0.1) is 16.9 Å². The van der Waals surface area contributed by atoms with Gasteiger partial charge in [0.15, 0.2) is 0 Å². The lowest BCUT2D eigenvalue weighted by Gasteiger charge is -2.16. The highest BCUT2D eigenvalue weighted by atomic mass is 32.1. The van der Waals surface area contributed by atoms with E-state index in [2.05, 4.69) is 127 Å². The SMILES string of the molecule is C1=CC[C@H](c2nc(-c3ccc(-c4ccccc4)cc3)cc(-c3c4ccccc4nc4sc5ccccc5c34)n2)C=C1. The second kappa shape index (κ2) is 9.92. The molecule has 194 valence electrons. The van der Waals surface area contributed by atoms with Crippen LogP contribution >= 0.6 is 11.3 Å². The third kappa shape index (κ3) is 4.24. The van der Waals surface area contributed by atoms with Crippen molar-refractivity contribution in [1.82, 2.24) is 15.0 Å². The van der Waals surface area contributed by atoms with Gasteiger partial charge in [-0.05, 0) is 35.7 Å². The van der Waals surface area contributed by atoms with Gasteiger partial charge in [0.1, 0.15) is 10.7 Å². The van der Waals surface area contributed by atoms with Crippen LogP contribution in [0.5, 0.6) is 0 Å². The van der Waals surface area contributed by atoms with Crippen LogP contribution in [0.2, 0.25) is 0 Å². The average Bonchev–Trinajstić information content (AvgIpc) is 3.42. The fourth-order valence-electron chi connectivity index (χ4n) is 5.79. The fraction of sp³-hybridized carbons (Fsp3) is 0.0541. The lowest BCUT2D eigenvalue weighted by Crippen LogP contribution is -2.06. The molecular weight excluding hydrogens is 518 g/mol. The third-order valence-electron chi connectivity index (χ3n) is 7.82. The molecule has 0 N–H and O–H groups in total. The number of hydrogen-bond donors (Lipinski definition) is 0. The first kappa shape index (κ1) is 23.9. The summed E-state index contributed by atoms with van der Waals surface area (Å²) in [6.07, 6.45) is 9.50. The number of thiophene rings is 1. The molecule has 0 radical (unpaired) electrons. The highest BCUT2D eigenvalue weighted by Crippen LogP contribution is 2.43. The fourth-order valence-corrected chi connectivity index (χ4v) is 6.88. The summed E-state index contributed by atoms with van der Waals surface area (Å²) in [5.74, 6) is 0.976. The van der Waals surface area contributed by atoms with Crippen molar-refractivity contribution in [2.24, 2.45) is 0 Å². The number of fused-ring (bicyclic) bond motifs is 4. The van der Waals surface area contributed by atoms with Crippen LogP contribution in [0.1, 0.15) is 18.2 Å². The molecule has 1 aliphatic carbocycles. The zero-order valence-electron chi connectivity index (χ0n) is 22.2. The molecule has 3 aromatic heterocycles. The molecule has 0 aliphatic heterocycles. The Morgan fingerprint density at radius 3 is 2.15 bits per heavy atom. The molecule has 4 heteroatoms. The molecule has 1 aliphatic rings. The Labute approximate surface area is 242 Å². The second-order valence-electron chi connectivity index (χ2n) is 10.4. The maximum atomic E-state index is 5.29. The number of allylic oxidation sites excluding steroid dienone is 4. The van der Waals surface area contributed by atoms with Crippen LogP contribution in [0, 0.1) is 0 Å². The van der Waals surface area contributed by atoms with Gasteiger partial charge in [-0.25, -0.2) is 15.0 Å². The number of nitrogens with zero attached hydrogens (tertiary/aromatic N) is 3. The summed E-state index contributed by atoms with van der Waals surface area (Å²) >= 11 is 1.74. The van der Waals surface area contributed by atoms with Gasteiger partial charge >= 0.3 is 0 Å². The monoisotopic (exact) mass is 543 g/mol. The number of para-hydroxylation sites is 1. The summed E-state index contributed by atoms with van der Waals surface area (Å²) < 4.78 is 1.23. The summed E-state index contributed by atoms with van der Waals surface area (Å²) in [4.78, 5) is 16.6. The first-order valence-corrected chi connectivity index (χ1v) is 14.7. The van der Waals surface area contributed by atoms with E-state index in [4.69, 9.17) is 15.0 Å². The van der Waals surface area contributed by atoms with E-state index in [1.165, 1.54) is 26.6 Å². The molecule has 0 amide bonds. The molecule has 4 aromatic carbocycles. The number of aromatic nitrogens is 3. The minimum absolute atomic E-state index is 0.130. The second-order valence-corrected chi connectivity index (χ2v) is 11.4. The molecule has 0 saturated heterocycles. The number of rotatable bonds is 4. The molecule has 41 heavy (non-hydrogen) atoms. The van der Waals surface area contributed by atoms with Gasteiger partial charge in [0.2, 0.25) is 0 Å². The van der Waals surface area contributed by atoms with Gasteiger partial charge in [-0.15, -0.1) is 11.3 Å². The Kier molecular flexibility index (Phi) is 5.78. The van der Waals surface area contributed by atoms with Crippen molar-refractivity contribution in [3.05, 3.63) is 139 Å². The molecule has 0 spiro atoms. The van der Waals surface area contributed by atoms with E-state index in [0.29, 0.717) is 0 Å². The standard InChI is InChI=1S/C37H25N3S/c1-3-11-24(12-4-1)25-19-21-26(22-20-25)31-23-32(39-36(38-31)27-13-5-2-6-14-27)34-28-15-7-9-17-30(28)40-37-35(34)29-16-8-10-18-33(29)41-37/h1-13,15-23,27H,14H2/t27-/m1/s1. The zero-order valence-corrected chi connectivity index (χ0v) is 23.1. The van der Waals surface area contributed by atoms with E-state index in [1.807, 2.05) is 6.07 Å². The van der Waals surface area contributed by atoms with Gasteiger partial charge in [0.25, 0.3) is 0 Å². The van der Waals surface area contributed by atoms with Crippen LogP contribution in [-0.2, 0) is 0 Å². The molecule has 1 atom stereocenters. The van der Waals surface area contributed by atoms with Gasteiger partial charge < -0.3 is 0 Å². The maximum Gasteiger partial charge on any atom is 0.136 e. The van der Waals surface area contributed by atoms with E-state index in [9.17, 15) is 0 Å². The number of hydrogen-bond acceptors (Lipinski definition) is 4. The average molecular weight is 544 g/mol. The van der Waals surface area contributed by atoms with Crippen molar-refractivity contribution in [3.63, 3.8) is 0 Å². The van der Waals surface area contributed by atoms with Crippen LogP contribution in [0.4, 0.5) is 0 Å². The summed E-state index contributed by atoms with van der Waals surface area (Å²) in [6.45, 7) is 0. The zero-order chi connectivity index (χ0) is 27.2. The Morgan fingerprint density at radius 2 is 1.32 bits per heavy atom. The minimum atomic E-state index is 0.130. The number of benzene rings is 4. The largest absolute Gasteiger partial charge is 0.237 e. The molecular formula is C37H25N3S. The Morgan fingerprint density at radius 1 is 0.610 bits per heavy atom. The minimum Gasteiger partial charge on any atom is -0.237 e. The predicted molar refractivity (Wildman–Crippen MR) is 172 cm³/mol. The summed E-state index contributed by atoms with van der Waals surface area (Å²) in [5, 5.41) is 3.49. The normalized spacial score (nSPS) is 14.8. The lowest BCUT2D eigenvalue weighted by atomic mass is 9.96. The van der Waals surface area contributed by atoms with Crippen LogP contribution in [0.3, 0.4) is 0 Å². The first-order valence-electron chi connectivity index (χ1n) is 13.9. The molecule has 3 heterocycles. The summed E-state index contributed by atoms with van der Waals surface area (Å²) in [7, 11) is 0. The van der Waals surface area contributed by atoms with E-state index < -0.39 is 0 Å². The van der Waals surface area contributed by atoms with Crippen LogP contribution in [-0.4, -0.2) is 15.0 Å². The molecule has 8 rings (SSSR count). The molecule has 0 bridgehead atoms. The Balaban J connectivity index is 1.38. The molecule has 7 aromatic rings. The topological polar surface area (TPSA) is 38.7 Å². The maximum absolute atomic E-state index is 5.29. The Hall–Kier alpha value is -4.93. The van der Waals surface area contributed by atoms with Crippen molar-refractivity contribution in [2.75, 3.05) is 0 Å². The van der Waals surface area contributed by atoms with Crippen molar-refractivity contribution in [2.45, 2.75) is 12.3 Å². The van der Waals surface area contributed by atoms with E-state index in [-0.39, 0.29) is 5.92 Å². The highest BCUT2D eigenvalue weighted by molar-refractivity contribution is 7.25. The van der Waals surface area contributed by atoms with Crippen molar-refractivity contribution < 1.29 is 0 Å². The quantitative estimate of drug-likeness (QED) is 0.222. The van der Waals surface area contributed by atoms with Crippen LogP contribution in [0.25, 0.3) is 64.8 Å². The summed E-state index contributed by atoms with van der Waals surface area (Å²) in [6, 6.07) is 38.4. The van der Waals surface area contributed by atoms with Crippen molar-refractivity contribution in [3.8, 4) is 33.6 Å². The molecule has 0 fully saturated rings. The van der Waals surface area contributed by atoms with Gasteiger partial charge in [0, 0.05) is 37.9 Å². The summed E-state index contributed by atoms with van der Waals surface area (Å²) in [5.41, 5.74) is 7.45. The first-order chi connectivity index (χ1) is 20.3. The van der Waals surface area contributed by atoms with Crippen molar-refractivity contribution in [1.29, 1.82) is 0 Å².